The number of benzene rings is 4. The maximum atomic E-state index is 15.0. The Morgan fingerprint density at radius 3 is 1.51 bits per heavy atom. The number of nitrogens with zero attached hydrogens (tertiary/aromatic N) is 4. The number of nitrogens with one attached hydrogen (secondary N) is 6. The van der Waals surface area contributed by atoms with Crippen molar-refractivity contribution in [3.05, 3.63) is 142 Å². The lowest BCUT2D eigenvalue weighted by Gasteiger charge is -2.37. The molecule has 99 heavy (non-hydrogen) atoms. The van der Waals surface area contributed by atoms with E-state index < -0.39 is 94.6 Å². The van der Waals surface area contributed by atoms with Crippen LogP contribution in [0.4, 0.5) is 11.4 Å². The summed E-state index contributed by atoms with van der Waals surface area (Å²) in [5.41, 5.74) is 9.37. The van der Waals surface area contributed by atoms with Crippen molar-refractivity contribution in [1.29, 1.82) is 0 Å². The molecule has 0 bridgehead atoms. The van der Waals surface area contributed by atoms with Gasteiger partial charge in [-0.2, -0.15) is 0 Å². The van der Waals surface area contributed by atoms with Gasteiger partial charge in [-0.15, -0.1) is 22.7 Å². The van der Waals surface area contributed by atoms with Gasteiger partial charge >= 0.3 is 11.9 Å². The van der Waals surface area contributed by atoms with Gasteiger partial charge in [-0.25, -0.2) is 19.6 Å². The number of thiazole rings is 2. The Balaban J connectivity index is 0.835. The molecule has 26 heteroatoms. The number of carbonyl (C=O) groups excluding carboxylic acids is 7. The summed E-state index contributed by atoms with van der Waals surface area (Å²) >= 11 is 2.99. The molecular formula is C73H94N10O14S2. The van der Waals surface area contributed by atoms with Gasteiger partial charge in [0.2, 0.25) is 35.4 Å². The molecule has 6 amide bonds. The van der Waals surface area contributed by atoms with Crippen molar-refractivity contribution in [2.24, 2.45) is 10.8 Å². The van der Waals surface area contributed by atoms with Crippen molar-refractivity contribution in [3.63, 3.8) is 0 Å². The molecule has 8 rings (SSSR count). The normalized spacial score (nSPS) is 16.7. The van der Waals surface area contributed by atoms with Gasteiger partial charge in [0.05, 0.1) is 62.6 Å². The Morgan fingerprint density at radius 1 is 0.586 bits per heavy atom. The molecule has 0 unspecified atom stereocenters. The topological polar surface area (TPSA) is 329 Å². The number of amides is 6. The minimum Gasteiger partial charge on any atom is -0.478 e. The number of aromatic carboxylic acids is 1. The number of anilines is 2. The lowest BCUT2D eigenvalue weighted by atomic mass is 9.78. The van der Waals surface area contributed by atoms with Crippen LogP contribution in [0.25, 0.3) is 20.9 Å². The van der Waals surface area contributed by atoms with E-state index in [9.17, 15) is 48.9 Å². The second-order valence-electron chi connectivity index (χ2n) is 26.9. The number of unbranched alkanes of at least 4 members (excludes halogenated alkanes) is 4. The van der Waals surface area contributed by atoms with Crippen LogP contribution < -0.4 is 31.9 Å². The Morgan fingerprint density at radius 2 is 1.04 bits per heavy atom. The average Bonchev–Trinajstić information content (AvgIpc) is 1.75. The molecule has 6 atom stereocenters. The van der Waals surface area contributed by atoms with Gasteiger partial charge in [-0.05, 0) is 140 Å². The van der Waals surface area contributed by atoms with E-state index in [0.29, 0.717) is 50.9 Å². The number of carboxylic acids is 1. The monoisotopic (exact) mass is 1400 g/mol. The Kier molecular flexibility index (Phi) is 28.0. The first-order valence-electron chi connectivity index (χ1n) is 33.7. The number of β-amino-alcohol motifs (C(OH)–C–C–N with tert-alkyl or cyclic N) is 2. The molecule has 2 aliphatic rings. The quantitative estimate of drug-likeness (QED) is 0.0132. The summed E-state index contributed by atoms with van der Waals surface area (Å²) < 4.78 is 16.3. The molecule has 0 saturated carbocycles. The van der Waals surface area contributed by atoms with Crippen LogP contribution in [0.2, 0.25) is 0 Å². The summed E-state index contributed by atoms with van der Waals surface area (Å²) in [4.78, 5) is 121. The highest BCUT2D eigenvalue weighted by Gasteiger charge is 2.47. The molecular weight excluding hydrogens is 1300 g/mol. The molecule has 532 valence electrons. The molecule has 0 aliphatic carbocycles. The predicted molar refractivity (Wildman–Crippen MR) is 379 cm³/mol. The molecule has 6 aromatic rings. The third-order valence-corrected chi connectivity index (χ3v) is 19.6. The number of methoxy groups -OCH3 is 1. The number of ether oxygens (including phenoxy) is 3. The first-order valence-corrected chi connectivity index (χ1v) is 35.4. The van der Waals surface area contributed by atoms with Crippen LogP contribution in [0.5, 0.6) is 0 Å². The number of aliphatic hydroxyl groups is 2. The van der Waals surface area contributed by atoms with E-state index in [-0.39, 0.29) is 64.4 Å². The van der Waals surface area contributed by atoms with Crippen LogP contribution in [0.1, 0.15) is 136 Å². The predicted octanol–water partition coefficient (Wildman–Crippen LogP) is 8.16. The summed E-state index contributed by atoms with van der Waals surface area (Å²) in [6, 6.07) is 24.8. The van der Waals surface area contributed by atoms with Crippen LogP contribution in [0, 0.1) is 17.8 Å². The number of aromatic nitrogens is 2. The summed E-state index contributed by atoms with van der Waals surface area (Å²) in [6.45, 7) is 12.7. The zero-order valence-corrected chi connectivity index (χ0v) is 59.1. The molecule has 0 spiro atoms. The molecule has 0 radical (unpaired) electrons. The maximum absolute atomic E-state index is 15.0. The minimum atomic E-state index is -1.15. The van der Waals surface area contributed by atoms with E-state index in [0.717, 1.165) is 80.5 Å². The highest BCUT2D eigenvalue weighted by Crippen LogP contribution is 2.36. The van der Waals surface area contributed by atoms with Crippen molar-refractivity contribution >= 4 is 81.4 Å². The summed E-state index contributed by atoms with van der Waals surface area (Å²) in [5.74, 6) is -4.28. The Bertz CT molecular complexity index is 3670. The molecule has 2 saturated heterocycles. The zero-order valence-electron chi connectivity index (χ0n) is 57.4. The van der Waals surface area contributed by atoms with Crippen LogP contribution in [-0.4, -0.2) is 179 Å². The number of hydrogen-bond acceptors (Lipinski definition) is 19. The maximum Gasteiger partial charge on any atom is 0.337 e. The number of aliphatic hydroxyl groups excluding tert-OH is 2. The first kappa shape index (κ1) is 76.1. The van der Waals surface area contributed by atoms with E-state index in [1.807, 2.05) is 102 Å². The van der Waals surface area contributed by atoms with Crippen LogP contribution >= 0.6 is 22.7 Å². The highest BCUT2D eigenvalue weighted by atomic mass is 32.1. The summed E-state index contributed by atoms with van der Waals surface area (Å²) in [6.07, 6.45) is 3.50. The molecule has 9 N–H and O–H groups in total. The summed E-state index contributed by atoms with van der Waals surface area (Å²) in [5, 5.41) is 49.4. The van der Waals surface area contributed by atoms with Gasteiger partial charge in [-0.1, -0.05) is 83.1 Å². The number of hydrogen-bond donors (Lipinski definition) is 9. The van der Waals surface area contributed by atoms with E-state index in [4.69, 9.17) is 19.2 Å². The van der Waals surface area contributed by atoms with E-state index >= 15 is 4.79 Å². The number of likely N-dealkylation sites (tertiary alicyclic amines) is 2. The van der Waals surface area contributed by atoms with Crippen molar-refractivity contribution < 1.29 is 67.9 Å². The van der Waals surface area contributed by atoms with Crippen molar-refractivity contribution in [2.45, 2.75) is 155 Å². The third kappa shape index (κ3) is 22.2. The largest absolute Gasteiger partial charge is 0.478 e. The Hall–Kier alpha value is -8.66. The third-order valence-electron chi connectivity index (χ3n) is 17.7. The van der Waals surface area contributed by atoms with Gasteiger partial charge < -0.3 is 71.2 Å². The number of rotatable bonds is 36. The number of carbonyl (C=O) groups is 8. The van der Waals surface area contributed by atoms with Crippen molar-refractivity contribution in [1.82, 2.24) is 41.0 Å². The number of esters is 1. The van der Waals surface area contributed by atoms with E-state index in [1.165, 1.54) is 28.2 Å². The fraction of sp³-hybridized carbons (Fsp3) is 0.479. The lowest BCUT2D eigenvalue weighted by Crippen LogP contribution is -2.58. The lowest BCUT2D eigenvalue weighted by molar-refractivity contribution is -0.145. The van der Waals surface area contributed by atoms with Gasteiger partial charge in [0.1, 0.15) is 37.4 Å². The first-order chi connectivity index (χ1) is 47.4. The molecule has 4 aromatic carbocycles. The molecule has 4 heterocycles. The van der Waals surface area contributed by atoms with Crippen LogP contribution in [-0.2, 0) is 62.5 Å². The standard InChI is InChI=1S/C73H94N10O14S2/c1-46-62(98-44-78-46)49-18-14-47(15-19-49)38-77-67(89)59-37-56(85)41-83(59)69(91)65(81-61(87)43-97-35-13-8-10-32-74-53-26-22-51(23-27-53)70(92)93)73(5,6)31-30-57-63(99-45-79-57)50-20-16-48(17-21-50)39-76-66(88)58-36-55(84)40-82(58)68(90)64(72(2,3)4)80-60(86)42-96-34-12-9-11-33-75-54-28-24-52(25-29-54)71(94)95-7/h14-29,44-45,55-56,58-59,64-65,74-75,84-85H,8-13,30-43H2,1-7H3,(H,76,88)(H,77,89)(H,80,86)(H,81,87)(H,92,93)/t55-,56-,58+,59+,64-,65-/m1/s1. The zero-order chi connectivity index (χ0) is 71.2. The van der Waals surface area contributed by atoms with Gasteiger partial charge in [0, 0.05) is 76.7 Å². The highest BCUT2D eigenvalue weighted by molar-refractivity contribution is 7.13. The molecule has 24 nitrogen and oxygen atoms in total. The van der Waals surface area contributed by atoms with Gasteiger partial charge in [0.25, 0.3) is 0 Å². The van der Waals surface area contributed by atoms with Crippen LogP contribution in [0.15, 0.2) is 108 Å². The Labute approximate surface area is 586 Å². The van der Waals surface area contributed by atoms with Crippen LogP contribution in [0.3, 0.4) is 0 Å². The fourth-order valence-corrected chi connectivity index (χ4v) is 13.6. The smallest absolute Gasteiger partial charge is 0.337 e. The van der Waals surface area contributed by atoms with Crippen molar-refractivity contribution in [2.75, 3.05) is 70.3 Å². The molecule has 2 aromatic heterocycles. The second kappa shape index (κ2) is 36.4. The van der Waals surface area contributed by atoms with Gasteiger partial charge in [0.15, 0.2) is 0 Å². The molecule has 2 aliphatic heterocycles. The average molecular weight is 1400 g/mol. The second-order valence-corrected chi connectivity index (χ2v) is 28.6. The number of aryl methyl sites for hydroxylation is 2. The van der Waals surface area contributed by atoms with Gasteiger partial charge in [-0.3, -0.25) is 28.8 Å². The SMILES string of the molecule is COC(=O)c1ccc(NCCCCCOCC(=O)N[C@H](C(=O)N2C[C@H](O)C[C@H]2C(=O)NCc2ccc(-c3scnc3CCC(C)(C)[C@H](NC(=O)COCCCCCNc3ccc(C(=O)O)cc3)C(=O)N3C[C@H](O)C[C@H]3C(=O)NCc3ccc(-c4scnc4C)cc3)cc2)C(C)(C)C)cc1. The number of carboxylic acid groups (broad SMARTS) is 1. The van der Waals surface area contributed by atoms with Crippen molar-refractivity contribution in [3.8, 4) is 20.9 Å². The summed E-state index contributed by atoms with van der Waals surface area (Å²) in [7, 11) is 1.34. The van der Waals surface area contributed by atoms with E-state index in [1.54, 1.807) is 58.8 Å². The minimum absolute atomic E-state index is 0.0111. The fourth-order valence-electron chi connectivity index (χ4n) is 12.0. The van der Waals surface area contributed by atoms with E-state index in [2.05, 4.69) is 36.9 Å². The molecule has 2 fully saturated rings.